The Morgan fingerprint density at radius 1 is 1.25 bits per heavy atom. The quantitative estimate of drug-likeness (QED) is 0.496. The minimum atomic E-state index is -3.93. The molecule has 0 unspecified atom stereocenters. The van der Waals surface area contributed by atoms with E-state index in [1.165, 1.54) is 17.1 Å². The van der Waals surface area contributed by atoms with Crippen molar-refractivity contribution in [3.05, 3.63) is 12.2 Å². The Hall–Kier alpha value is -1.25. The maximum Gasteiger partial charge on any atom is 0.265 e. The molecule has 1 rings (SSSR count). The Balaban J connectivity index is 2.41. The fourth-order valence-corrected chi connectivity index (χ4v) is 2.45. The second-order valence-electron chi connectivity index (χ2n) is 5.58. The third kappa shape index (κ3) is 6.27. The summed E-state index contributed by atoms with van der Waals surface area (Å²) in [6, 6.07) is 0. The van der Waals surface area contributed by atoms with E-state index in [1.54, 1.807) is 0 Å². The van der Waals surface area contributed by atoms with Gasteiger partial charge in [0.1, 0.15) is 0 Å². The van der Waals surface area contributed by atoms with Gasteiger partial charge in [-0.25, -0.2) is 0 Å². The topological polar surface area (TPSA) is 91.8 Å². The summed E-state index contributed by atoms with van der Waals surface area (Å²) in [7, 11) is -0.101. The van der Waals surface area contributed by atoms with E-state index in [0.29, 0.717) is 30.5 Å². The van der Waals surface area contributed by atoms with Gasteiger partial charge >= 0.3 is 0 Å². The molecule has 1 aliphatic heterocycles. The summed E-state index contributed by atoms with van der Waals surface area (Å²) in [5, 5.41) is 0. The molecule has 0 bridgehead atoms. The number of nitrogens with zero attached hydrogens (tertiary/aromatic N) is 2. The summed E-state index contributed by atoms with van der Waals surface area (Å²) in [4.78, 5) is 24.3. The van der Waals surface area contributed by atoms with Crippen LogP contribution in [0.3, 0.4) is 0 Å². The molecule has 1 amide bonds. The highest BCUT2D eigenvalue weighted by Gasteiger charge is 2.23. The van der Waals surface area contributed by atoms with Crippen molar-refractivity contribution in [2.45, 2.75) is 6.42 Å². The second-order valence-corrected chi connectivity index (χ2v) is 7.15. The molecule has 0 saturated carbocycles. The molecule has 8 heteroatoms. The number of carbonyl (C=O) groups excluding carboxylic acids is 2. The van der Waals surface area contributed by atoms with Crippen LogP contribution in [0.4, 0.5) is 0 Å². The summed E-state index contributed by atoms with van der Waals surface area (Å²) in [5.74, 6) is -0.540. The summed E-state index contributed by atoms with van der Waals surface area (Å²) in [6.45, 7) is 1.71. The highest BCUT2D eigenvalue weighted by atomic mass is 32.2. The number of ketones is 1. The van der Waals surface area contributed by atoms with Crippen LogP contribution in [-0.2, 0) is 19.7 Å². The molecular formula is C12H21N2O5S+. The molecule has 0 saturated heterocycles. The lowest BCUT2D eigenvalue weighted by molar-refractivity contribution is -0.889. The summed E-state index contributed by atoms with van der Waals surface area (Å²) < 4.78 is 30.5. The van der Waals surface area contributed by atoms with E-state index in [-0.39, 0.29) is 24.0 Å². The van der Waals surface area contributed by atoms with Crippen LogP contribution in [0.2, 0.25) is 0 Å². The van der Waals surface area contributed by atoms with Crippen LogP contribution >= 0.6 is 0 Å². The zero-order valence-electron chi connectivity index (χ0n) is 11.8. The maximum atomic E-state index is 11.6. The molecule has 0 aliphatic carbocycles. The fourth-order valence-electron chi connectivity index (χ4n) is 1.96. The maximum absolute atomic E-state index is 11.6. The van der Waals surface area contributed by atoms with Crippen LogP contribution in [0.5, 0.6) is 0 Å². The summed E-state index contributed by atoms with van der Waals surface area (Å²) >= 11 is 0. The molecule has 114 valence electrons. The Labute approximate surface area is 119 Å². The van der Waals surface area contributed by atoms with Gasteiger partial charge < -0.3 is 9.38 Å². The largest absolute Gasteiger partial charge is 0.327 e. The Kier molecular flexibility index (Phi) is 5.43. The average Bonchev–Trinajstić information content (AvgIpc) is 2.28. The Morgan fingerprint density at radius 3 is 2.50 bits per heavy atom. The molecule has 1 N–H and O–H groups in total. The monoisotopic (exact) mass is 305 g/mol. The van der Waals surface area contributed by atoms with Gasteiger partial charge in [-0.3, -0.25) is 14.1 Å². The van der Waals surface area contributed by atoms with Gasteiger partial charge in [-0.05, 0) is 6.08 Å². The van der Waals surface area contributed by atoms with Crippen molar-refractivity contribution in [1.29, 1.82) is 0 Å². The lowest BCUT2D eigenvalue weighted by Crippen LogP contribution is -2.49. The SMILES string of the molecule is C[N+](C)(CCCS(=O)(=O)O)CCN1CC(=O)C=CC1=O. The normalized spacial score (nSPS) is 16.9. The molecule has 7 nitrogen and oxygen atoms in total. The fraction of sp³-hybridized carbons (Fsp3) is 0.667. The van der Waals surface area contributed by atoms with E-state index in [4.69, 9.17) is 4.55 Å². The van der Waals surface area contributed by atoms with Gasteiger partial charge in [0.05, 0.1) is 46.0 Å². The molecule has 0 atom stereocenters. The van der Waals surface area contributed by atoms with Crippen LogP contribution in [0, 0.1) is 0 Å². The van der Waals surface area contributed by atoms with Crippen LogP contribution in [-0.4, -0.2) is 80.1 Å². The molecule has 0 aromatic carbocycles. The van der Waals surface area contributed by atoms with Gasteiger partial charge in [0.25, 0.3) is 10.1 Å². The number of rotatable bonds is 7. The number of hydrogen-bond donors (Lipinski definition) is 1. The van der Waals surface area contributed by atoms with Crippen molar-refractivity contribution in [2.75, 3.05) is 46.0 Å². The lowest BCUT2D eigenvalue weighted by Gasteiger charge is -2.32. The van der Waals surface area contributed by atoms with E-state index < -0.39 is 10.1 Å². The number of carbonyl (C=O) groups is 2. The van der Waals surface area contributed by atoms with E-state index >= 15 is 0 Å². The number of hydrogen-bond acceptors (Lipinski definition) is 4. The zero-order chi connectivity index (χ0) is 15.4. The minimum Gasteiger partial charge on any atom is -0.327 e. The van der Waals surface area contributed by atoms with Crippen LogP contribution in [0.15, 0.2) is 12.2 Å². The molecule has 1 heterocycles. The van der Waals surface area contributed by atoms with E-state index in [2.05, 4.69) is 0 Å². The van der Waals surface area contributed by atoms with Crippen LogP contribution < -0.4 is 0 Å². The Morgan fingerprint density at radius 2 is 1.90 bits per heavy atom. The average molecular weight is 305 g/mol. The van der Waals surface area contributed by atoms with E-state index in [9.17, 15) is 18.0 Å². The zero-order valence-corrected chi connectivity index (χ0v) is 12.6. The first-order valence-electron chi connectivity index (χ1n) is 6.36. The van der Waals surface area contributed by atoms with Crippen molar-refractivity contribution in [1.82, 2.24) is 4.90 Å². The van der Waals surface area contributed by atoms with Crippen LogP contribution in [0.1, 0.15) is 6.42 Å². The van der Waals surface area contributed by atoms with Crippen molar-refractivity contribution < 1.29 is 27.0 Å². The standard InChI is InChI=1S/C12H20N2O5S/c1-14(2,7-3-9-20(17,18)19)8-6-13-10-11(15)4-5-12(13)16/h4-5H,3,6-10H2,1-2H3/p+1. The van der Waals surface area contributed by atoms with Crippen molar-refractivity contribution in [2.24, 2.45) is 0 Å². The molecule has 0 spiro atoms. The lowest BCUT2D eigenvalue weighted by atomic mass is 10.2. The van der Waals surface area contributed by atoms with Gasteiger partial charge in [0.15, 0.2) is 5.78 Å². The predicted molar refractivity (Wildman–Crippen MR) is 73.6 cm³/mol. The van der Waals surface area contributed by atoms with E-state index in [1.807, 2.05) is 14.1 Å². The van der Waals surface area contributed by atoms with Gasteiger partial charge in [0.2, 0.25) is 5.91 Å². The molecular weight excluding hydrogens is 284 g/mol. The second kappa shape index (κ2) is 6.47. The van der Waals surface area contributed by atoms with Crippen molar-refractivity contribution in [3.8, 4) is 0 Å². The summed E-state index contributed by atoms with van der Waals surface area (Å²) in [6.07, 6.45) is 2.90. The molecule has 0 aromatic rings. The molecule has 0 radical (unpaired) electrons. The highest BCUT2D eigenvalue weighted by molar-refractivity contribution is 7.85. The van der Waals surface area contributed by atoms with Crippen molar-refractivity contribution >= 4 is 21.8 Å². The Bertz CT molecular complexity index is 510. The number of amides is 1. The van der Waals surface area contributed by atoms with Gasteiger partial charge in [0, 0.05) is 12.5 Å². The van der Waals surface area contributed by atoms with Gasteiger partial charge in [-0.15, -0.1) is 0 Å². The first-order valence-corrected chi connectivity index (χ1v) is 7.97. The number of quaternary nitrogens is 1. The smallest absolute Gasteiger partial charge is 0.265 e. The van der Waals surface area contributed by atoms with Crippen LogP contribution in [0.25, 0.3) is 0 Å². The third-order valence-corrected chi connectivity index (χ3v) is 4.02. The molecule has 1 aliphatic rings. The predicted octanol–water partition coefficient (Wildman–Crippen LogP) is -0.692. The molecule has 0 fully saturated rings. The van der Waals surface area contributed by atoms with Crippen molar-refractivity contribution in [3.63, 3.8) is 0 Å². The highest BCUT2D eigenvalue weighted by Crippen LogP contribution is 2.05. The molecule has 0 aromatic heterocycles. The first kappa shape index (κ1) is 16.8. The first-order chi connectivity index (χ1) is 9.09. The molecule has 20 heavy (non-hydrogen) atoms. The van der Waals surface area contributed by atoms with Gasteiger partial charge in [-0.2, -0.15) is 8.42 Å². The third-order valence-electron chi connectivity index (χ3n) is 3.21. The minimum absolute atomic E-state index is 0.0960. The summed E-state index contributed by atoms with van der Waals surface area (Å²) in [5.41, 5.74) is 0. The van der Waals surface area contributed by atoms with Gasteiger partial charge in [-0.1, -0.05) is 0 Å². The van der Waals surface area contributed by atoms with E-state index in [0.717, 1.165) is 0 Å². The number of likely N-dealkylation sites (N-methyl/N-ethyl adjacent to an activating group) is 1.